The SMILES string of the molecule is CCc1cccc(CC)c1NC(=O)Cc1nc(C)c(C(=O)[O-])s1. The Kier molecular flexibility index (Phi) is 5.50. The van der Waals surface area contributed by atoms with E-state index in [4.69, 9.17) is 0 Å². The lowest BCUT2D eigenvalue weighted by atomic mass is 10.0. The van der Waals surface area contributed by atoms with Gasteiger partial charge in [0, 0.05) is 5.69 Å². The number of anilines is 1. The molecule has 2 rings (SSSR count). The first kappa shape index (κ1) is 17.1. The summed E-state index contributed by atoms with van der Waals surface area (Å²) in [4.78, 5) is 27.5. The smallest absolute Gasteiger partial charge is 0.231 e. The molecule has 1 N–H and O–H groups in total. The Labute approximate surface area is 139 Å². The summed E-state index contributed by atoms with van der Waals surface area (Å²) in [5, 5.41) is 14.4. The first-order valence-electron chi connectivity index (χ1n) is 7.54. The van der Waals surface area contributed by atoms with Gasteiger partial charge in [-0.1, -0.05) is 32.0 Å². The predicted molar refractivity (Wildman–Crippen MR) is 88.7 cm³/mol. The van der Waals surface area contributed by atoms with Gasteiger partial charge in [-0.3, -0.25) is 4.79 Å². The number of hydrogen-bond donors (Lipinski definition) is 1. The molecule has 0 fully saturated rings. The largest absolute Gasteiger partial charge is 0.544 e. The molecule has 0 aliphatic heterocycles. The third-order valence-corrected chi connectivity index (χ3v) is 4.74. The standard InChI is InChI=1S/C17H20N2O3S/c1-4-11-7-6-8-12(5-2)15(11)19-13(20)9-14-18-10(3)16(23-14)17(21)22/h6-8H,4-5,9H2,1-3H3,(H,19,20)(H,21,22)/p-1. The number of carboxylic acid groups (broad SMARTS) is 1. The van der Waals surface area contributed by atoms with E-state index >= 15 is 0 Å². The minimum Gasteiger partial charge on any atom is -0.544 e. The van der Waals surface area contributed by atoms with Gasteiger partial charge < -0.3 is 15.2 Å². The number of carboxylic acids is 1. The molecule has 122 valence electrons. The second kappa shape index (κ2) is 7.37. The highest BCUT2D eigenvalue weighted by Gasteiger charge is 2.14. The maximum Gasteiger partial charge on any atom is 0.231 e. The highest BCUT2D eigenvalue weighted by molar-refractivity contribution is 7.13. The number of amides is 1. The zero-order chi connectivity index (χ0) is 17.0. The van der Waals surface area contributed by atoms with E-state index in [-0.39, 0.29) is 17.2 Å². The van der Waals surface area contributed by atoms with Gasteiger partial charge in [-0.05, 0) is 30.9 Å². The van der Waals surface area contributed by atoms with E-state index in [2.05, 4.69) is 10.3 Å². The molecule has 0 aliphatic rings. The van der Waals surface area contributed by atoms with Gasteiger partial charge in [0.2, 0.25) is 5.91 Å². The molecular weight excluding hydrogens is 312 g/mol. The lowest BCUT2D eigenvalue weighted by Crippen LogP contribution is -2.21. The number of aromatic carboxylic acids is 1. The molecule has 1 heterocycles. The maximum absolute atomic E-state index is 12.3. The van der Waals surface area contributed by atoms with E-state index in [1.165, 1.54) is 0 Å². The Morgan fingerprint density at radius 2 is 1.83 bits per heavy atom. The fourth-order valence-corrected chi connectivity index (χ4v) is 3.34. The van der Waals surface area contributed by atoms with Gasteiger partial charge in [0.15, 0.2) is 0 Å². The van der Waals surface area contributed by atoms with E-state index < -0.39 is 5.97 Å². The predicted octanol–water partition coefficient (Wildman–Crippen LogP) is 2.12. The Balaban J connectivity index is 2.17. The molecule has 0 saturated carbocycles. The Bertz CT molecular complexity index is 715. The fourth-order valence-electron chi connectivity index (χ4n) is 2.44. The third-order valence-electron chi connectivity index (χ3n) is 3.60. The third kappa shape index (κ3) is 3.96. The summed E-state index contributed by atoms with van der Waals surface area (Å²) >= 11 is 0.992. The molecule has 0 saturated heterocycles. The van der Waals surface area contributed by atoms with Crippen molar-refractivity contribution >= 4 is 28.9 Å². The summed E-state index contributed by atoms with van der Waals surface area (Å²) in [6, 6.07) is 5.98. The molecule has 6 heteroatoms. The van der Waals surface area contributed by atoms with Crippen LogP contribution in [0.3, 0.4) is 0 Å². The highest BCUT2D eigenvalue weighted by Crippen LogP contribution is 2.23. The zero-order valence-corrected chi connectivity index (χ0v) is 14.3. The highest BCUT2D eigenvalue weighted by atomic mass is 32.1. The summed E-state index contributed by atoms with van der Waals surface area (Å²) in [6.45, 7) is 5.69. The normalized spacial score (nSPS) is 10.6. The molecule has 0 radical (unpaired) electrons. The van der Waals surface area contributed by atoms with Crippen LogP contribution in [0.25, 0.3) is 0 Å². The monoisotopic (exact) mass is 331 g/mol. The minimum atomic E-state index is -1.25. The molecule has 2 aromatic rings. The zero-order valence-electron chi connectivity index (χ0n) is 13.4. The second-order valence-corrected chi connectivity index (χ2v) is 6.28. The first-order chi connectivity index (χ1) is 11.0. The molecule has 1 amide bonds. The maximum atomic E-state index is 12.3. The number of aryl methyl sites for hydroxylation is 3. The molecule has 0 unspecified atom stereocenters. The lowest BCUT2D eigenvalue weighted by molar-refractivity contribution is -0.254. The number of rotatable bonds is 6. The van der Waals surface area contributed by atoms with Crippen molar-refractivity contribution in [2.24, 2.45) is 0 Å². The van der Waals surface area contributed by atoms with Crippen LogP contribution in [0.2, 0.25) is 0 Å². The van der Waals surface area contributed by atoms with Gasteiger partial charge >= 0.3 is 0 Å². The van der Waals surface area contributed by atoms with Gasteiger partial charge in [-0.25, -0.2) is 4.98 Å². The number of hydrogen-bond acceptors (Lipinski definition) is 5. The summed E-state index contributed by atoms with van der Waals surface area (Å²) in [5.41, 5.74) is 3.42. The molecule has 23 heavy (non-hydrogen) atoms. The molecule has 0 aliphatic carbocycles. The van der Waals surface area contributed by atoms with Gasteiger partial charge in [-0.15, -0.1) is 11.3 Å². The fraction of sp³-hybridized carbons (Fsp3) is 0.353. The molecule has 1 aromatic heterocycles. The molecule has 1 aromatic carbocycles. The van der Waals surface area contributed by atoms with Gasteiger partial charge in [-0.2, -0.15) is 0 Å². The number of para-hydroxylation sites is 1. The Morgan fingerprint density at radius 3 is 2.30 bits per heavy atom. The number of aromatic nitrogens is 1. The van der Waals surface area contributed by atoms with Gasteiger partial charge in [0.25, 0.3) is 0 Å². The average molecular weight is 331 g/mol. The van der Waals surface area contributed by atoms with Gasteiger partial charge in [0.05, 0.1) is 23.0 Å². The molecule has 0 atom stereocenters. The quantitative estimate of drug-likeness (QED) is 0.879. The summed E-state index contributed by atoms with van der Waals surface area (Å²) in [5.74, 6) is -1.45. The topological polar surface area (TPSA) is 82.1 Å². The Hall–Kier alpha value is -2.21. The van der Waals surface area contributed by atoms with Crippen molar-refractivity contribution in [3.63, 3.8) is 0 Å². The van der Waals surface area contributed by atoms with Crippen LogP contribution in [-0.4, -0.2) is 16.9 Å². The number of benzene rings is 1. The summed E-state index contributed by atoms with van der Waals surface area (Å²) in [6.07, 6.45) is 1.71. The van der Waals surface area contributed by atoms with Crippen molar-refractivity contribution in [1.82, 2.24) is 4.98 Å². The molecule has 0 spiro atoms. The van der Waals surface area contributed by atoms with Crippen LogP contribution in [0.15, 0.2) is 18.2 Å². The van der Waals surface area contributed by atoms with E-state index in [9.17, 15) is 14.7 Å². The van der Waals surface area contributed by atoms with Crippen molar-refractivity contribution in [2.45, 2.75) is 40.0 Å². The van der Waals surface area contributed by atoms with Crippen LogP contribution in [0, 0.1) is 6.92 Å². The van der Waals surface area contributed by atoms with Crippen molar-refractivity contribution in [2.75, 3.05) is 5.32 Å². The lowest BCUT2D eigenvalue weighted by Gasteiger charge is -2.14. The summed E-state index contributed by atoms with van der Waals surface area (Å²) in [7, 11) is 0. The Morgan fingerprint density at radius 1 is 1.22 bits per heavy atom. The number of nitrogens with zero attached hydrogens (tertiary/aromatic N) is 1. The van der Waals surface area contributed by atoms with Crippen LogP contribution in [-0.2, 0) is 24.1 Å². The van der Waals surface area contributed by atoms with E-state index in [1.807, 2.05) is 32.0 Å². The molecular formula is C17H19N2O3S-. The van der Waals surface area contributed by atoms with Crippen LogP contribution < -0.4 is 10.4 Å². The van der Waals surface area contributed by atoms with Crippen LogP contribution in [0.1, 0.15) is 45.3 Å². The number of thiazole rings is 1. The number of carbonyl (C=O) groups excluding carboxylic acids is 2. The van der Waals surface area contributed by atoms with Crippen LogP contribution >= 0.6 is 11.3 Å². The van der Waals surface area contributed by atoms with E-state index in [0.717, 1.165) is 41.0 Å². The average Bonchev–Trinajstić information content (AvgIpc) is 2.88. The van der Waals surface area contributed by atoms with Crippen LogP contribution in [0.5, 0.6) is 0 Å². The summed E-state index contributed by atoms with van der Waals surface area (Å²) < 4.78 is 0. The van der Waals surface area contributed by atoms with Gasteiger partial charge in [0.1, 0.15) is 5.01 Å². The van der Waals surface area contributed by atoms with Crippen molar-refractivity contribution in [3.8, 4) is 0 Å². The van der Waals surface area contributed by atoms with Crippen molar-refractivity contribution in [3.05, 3.63) is 44.9 Å². The number of nitrogens with one attached hydrogen (secondary N) is 1. The second-order valence-electron chi connectivity index (χ2n) is 5.19. The van der Waals surface area contributed by atoms with E-state index in [1.54, 1.807) is 6.92 Å². The van der Waals surface area contributed by atoms with Crippen molar-refractivity contribution < 1.29 is 14.7 Å². The van der Waals surface area contributed by atoms with Crippen molar-refractivity contribution in [1.29, 1.82) is 0 Å². The first-order valence-corrected chi connectivity index (χ1v) is 8.36. The molecule has 0 bridgehead atoms. The van der Waals surface area contributed by atoms with Crippen LogP contribution in [0.4, 0.5) is 5.69 Å². The minimum absolute atomic E-state index is 0.0555. The molecule has 5 nitrogen and oxygen atoms in total. The number of carbonyl (C=O) groups is 2. The van der Waals surface area contributed by atoms with E-state index in [0.29, 0.717) is 10.7 Å².